The van der Waals surface area contributed by atoms with E-state index in [0.29, 0.717) is 17.7 Å². The summed E-state index contributed by atoms with van der Waals surface area (Å²) < 4.78 is 0. The van der Waals surface area contributed by atoms with Gasteiger partial charge in [-0.15, -0.1) is 6.42 Å². The minimum absolute atomic E-state index is 0.147. The first-order chi connectivity index (χ1) is 8.90. The molecule has 1 unspecified atom stereocenters. The van der Waals surface area contributed by atoms with E-state index in [1.807, 2.05) is 6.92 Å². The Morgan fingerprint density at radius 2 is 2.26 bits per heavy atom. The highest BCUT2D eigenvalue weighted by atomic mass is 16.6. The monoisotopic (exact) mass is 262 g/mol. The number of hydrogen-bond acceptors (Lipinski definition) is 4. The van der Waals surface area contributed by atoms with E-state index in [4.69, 9.17) is 11.5 Å². The fraction of sp³-hybridized carbons (Fsp3) is 0.308. The molecule has 100 valence electrons. The van der Waals surface area contributed by atoms with Crippen molar-refractivity contribution in [1.82, 2.24) is 0 Å². The number of benzene rings is 1. The van der Waals surface area contributed by atoms with E-state index in [1.54, 1.807) is 6.92 Å². The lowest BCUT2D eigenvalue weighted by Crippen LogP contribution is -2.17. The van der Waals surface area contributed by atoms with Crippen LogP contribution in [0, 0.1) is 29.4 Å². The molecule has 1 aromatic rings. The molecule has 0 fully saturated rings. The van der Waals surface area contributed by atoms with E-state index < -0.39 is 10.9 Å². The van der Waals surface area contributed by atoms with Crippen LogP contribution in [0.3, 0.4) is 0 Å². The molecule has 0 aliphatic carbocycles. The minimum atomic E-state index is -1.22. The zero-order valence-electron chi connectivity index (χ0n) is 10.6. The molecule has 1 rings (SSSR count). The van der Waals surface area contributed by atoms with Gasteiger partial charge in [0.15, 0.2) is 0 Å². The lowest BCUT2D eigenvalue weighted by Gasteiger charge is -2.15. The summed E-state index contributed by atoms with van der Waals surface area (Å²) in [4.78, 5) is 21.3. The van der Waals surface area contributed by atoms with E-state index in [1.165, 1.54) is 6.07 Å². The largest absolute Gasteiger partial charge is 0.478 e. The van der Waals surface area contributed by atoms with E-state index in [0.717, 1.165) is 6.07 Å². The SMILES string of the molecule is C#CC(CC)Nc1cc(C(=O)O)cc([N+](=O)[O-])c1C. The number of terminal acetylenes is 1. The normalized spacial score (nSPS) is 11.4. The third-order valence-electron chi connectivity index (χ3n) is 2.76. The molecular weight excluding hydrogens is 248 g/mol. The lowest BCUT2D eigenvalue weighted by atomic mass is 10.1. The molecule has 0 bridgehead atoms. The number of nitro benzene ring substituents is 1. The van der Waals surface area contributed by atoms with E-state index in [2.05, 4.69) is 11.2 Å². The Bertz CT molecular complexity index is 560. The maximum Gasteiger partial charge on any atom is 0.336 e. The van der Waals surface area contributed by atoms with Gasteiger partial charge in [-0.05, 0) is 19.4 Å². The molecule has 0 aromatic heterocycles. The quantitative estimate of drug-likeness (QED) is 0.483. The van der Waals surface area contributed by atoms with Crippen LogP contribution in [0.15, 0.2) is 12.1 Å². The maximum absolute atomic E-state index is 11.0. The molecule has 19 heavy (non-hydrogen) atoms. The number of nitrogens with zero attached hydrogens (tertiary/aromatic N) is 1. The van der Waals surface area contributed by atoms with Gasteiger partial charge in [0, 0.05) is 17.3 Å². The lowest BCUT2D eigenvalue weighted by molar-refractivity contribution is -0.385. The van der Waals surface area contributed by atoms with Gasteiger partial charge in [-0.25, -0.2) is 4.79 Å². The number of aromatic carboxylic acids is 1. The van der Waals surface area contributed by atoms with Gasteiger partial charge < -0.3 is 10.4 Å². The number of nitro groups is 1. The standard InChI is InChI=1S/C13H14N2O4/c1-4-10(5-2)14-11-6-9(13(16)17)7-12(8(11)3)15(18)19/h1,6-7,10,14H,5H2,2-3H3,(H,16,17). The second kappa shape index (κ2) is 5.87. The summed E-state index contributed by atoms with van der Waals surface area (Å²) in [6, 6.07) is 2.09. The number of anilines is 1. The van der Waals surface area contributed by atoms with E-state index in [-0.39, 0.29) is 17.3 Å². The molecule has 1 atom stereocenters. The maximum atomic E-state index is 11.0. The van der Waals surface area contributed by atoms with Crippen LogP contribution in [-0.2, 0) is 0 Å². The third-order valence-corrected chi connectivity index (χ3v) is 2.76. The van der Waals surface area contributed by atoms with Gasteiger partial charge in [-0.2, -0.15) is 0 Å². The molecule has 0 saturated heterocycles. The molecule has 0 aliphatic heterocycles. The van der Waals surface area contributed by atoms with E-state index in [9.17, 15) is 14.9 Å². The van der Waals surface area contributed by atoms with Crippen LogP contribution in [0.4, 0.5) is 11.4 Å². The highest BCUT2D eigenvalue weighted by Gasteiger charge is 2.19. The summed E-state index contributed by atoms with van der Waals surface area (Å²) in [6.45, 7) is 3.41. The highest BCUT2D eigenvalue weighted by Crippen LogP contribution is 2.28. The smallest absolute Gasteiger partial charge is 0.336 e. The van der Waals surface area contributed by atoms with Crippen molar-refractivity contribution in [2.75, 3.05) is 5.32 Å². The van der Waals surface area contributed by atoms with Gasteiger partial charge in [0.1, 0.15) is 0 Å². The van der Waals surface area contributed by atoms with Gasteiger partial charge in [0.2, 0.25) is 0 Å². The third kappa shape index (κ3) is 3.22. The first-order valence-corrected chi connectivity index (χ1v) is 5.65. The molecule has 0 heterocycles. The number of hydrogen-bond donors (Lipinski definition) is 2. The van der Waals surface area contributed by atoms with Crippen LogP contribution in [0.1, 0.15) is 29.3 Å². The average molecular weight is 262 g/mol. The molecular formula is C13H14N2O4. The van der Waals surface area contributed by atoms with Crippen LogP contribution in [0.25, 0.3) is 0 Å². The Kier molecular flexibility index (Phi) is 4.48. The molecule has 6 nitrogen and oxygen atoms in total. The number of carboxylic acids is 1. The Balaban J connectivity index is 3.34. The first-order valence-electron chi connectivity index (χ1n) is 5.65. The predicted octanol–water partition coefficient (Wildman–Crippen LogP) is 2.43. The van der Waals surface area contributed by atoms with Crippen molar-refractivity contribution >= 4 is 17.3 Å². The van der Waals surface area contributed by atoms with Crippen LogP contribution < -0.4 is 5.32 Å². The summed E-state index contributed by atoms with van der Waals surface area (Å²) in [5.41, 5.74) is 0.348. The average Bonchev–Trinajstić information content (AvgIpc) is 2.36. The topological polar surface area (TPSA) is 92.5 Å². The van der Waals surface area contributed by atoms with Crippen LogP contribution in [0.5, 0.6) is 0 Å². The van der Waals surface area contributed by atoms with Crippen LogP contribution >= 0.6 is 0 Å². The second-order valence-corrected chi connectivity index (χ2v) is 4.00. The summed E-state index contributed by atoms with van der Waals surface area (Å²) >= 11 is 0. The van der Waals surface area contributed by atoms with Crippen molar-refractivity contribution in [2.24, 2.45) is 0 Å². The predicted molar refractivity (Wildman–Crippen MR) is 71.3 cm³/mol. The Hall–Kier alpha value is -2.55. The molecule has 2 N–H and O–H groups in total. The van der Waals surface area contributed by atoms with Gasteiger partial charge in [-0.3, -0.25) is 10.1 Å². The summed E-state index contributed by atoms with van der Waals surface area (Å²) in [7, 11) is 0. The van der Waals surface area contributed by atoms with Gasteiger partial charge in [-0.1, -0.05) is 12.8 Å². The van der Waals surface area contributed by atoms with Crippen molar-refractivity contribution in [2.45, 2.75) is 26.3 Å². The van der Waals surface area contributed by atoms with Crippen molar-refractivity contribution in [3.63, 3.8) is 0 Å². The summed E-state index contributed by atoms with van der Waals surface area (Å²) in [5, 5.41) is 22.8. The van der Waals surface area contributed by atoms with Crippen LogP contribution in [0.2, 0.25) is 0 Å². The van der Waals surface area contributed by atoms with E-state index >= 15 is 0 Å². The fourth-order valence-electron chi connectivity index (χ4n) is 1.61. The number of nitrogens with one attached hydrogen (secondary N) is 1. The highest BCUT2D eigenvalue weighted by molar-refractivity contribution is 5.90. The summed E-state index contributed by atoms with van der Waals surface area (Å²) in [6.07, 6.45) is 5.94. The zero-order chi connectivity index (χ0) is 14.6. The van der Waals surface area contributed by atoms with Gasteiger partial charge in [0.25, 0.3) is 5.69 Å². The first kappa shape index (κ1) is 14.5. The number of carbonyl (C=O) groups is 1. The molecule has 0 aliphatic rings. The van der Waals surface area contributed by atoms with Crippen molar-refractivity contribution in [3.05, 3.63) is 33.4 Å². The molecule has 0 spiro atoms. The van der Waals surface area contributed by atoms with Gasteiger partial charge >= 0.3 is 5.97 Å². The zero-order valence-corrected chi connectivity index (χ0v) is 10.6. The fourth-order valence-corrected chi connectivity index (χ4v) is 1.61. The minimum Gasteiger partial charge on any atom is -0.478 e. The summed E-state index contributed by atoms with van der Waals surface area (Å²) in [5.74, 6) is 1.27. The molecule has 6 heteroatoms. The number of carboxylic acid groups (broad SMARTS) is 1. The van der Waals surface area contributed by atoms with Crippen molar-refractivity contribution in [3.8, 4) is 12.3 Å². The molecule has 1 aromatic carbocycles. The van der Waals surface area contributed by atoms with Crippen molar-refractivity contribution < 1.29 is 14.8 Å². The number of rotatable bonds is 5. The Morgan fingerprint density at radius 3 is 2.68 bits per heavy atom. The Labute approximate surface area is 110 Å². The molecule has 0 amide bonds. The van der Waals surface area contributed by atoms with Crippen LogP contribution in [-0.4, -0.2) is 22.0 Å². The molecule has 0 saturated carbocycles. The van der Waals surface area contributed by atoms with Crippen molar-refractivity contribution in [1.29, 1.82) is 0 Å². The second-order valence-electron chi connectivity index (χ2n) is 4.00. The van der Waals surface area contributed by atoms with Gasteiger partial charge in [0.05, 0.1) is 16.5 Å². The Morgan fingerprint density at radius 1 is 1.63 bits per heavy atom. The molecule has 0 radical (unpaired) electrons.